The van der Waals surface area contributed by atoms with Crippen molar-refractivity contribution in [2.45, 2.75) is 19.4 Å². The lowest BCUT2D eigenvalue weighted by Gasteiger charge is -2.18. The second kappa shape index (κ2) is 5.08. The number of hydrogen-bond acceptors (Lipinski definition) is 2. The zero-order chi connectivity index (χ0) is 12.4. The van der Waals surface area contributed by atoms with Crippen molar-refractivity contribution in [1.29, 1.82) is 0 Å². The van der Waals surface area contributed by atoms with Gasteiger partial charge in [-0.2, -0.15) is 0 Å². The van der Waals surface area contributed by atoms with Crippen LogP contribution in [0.5, 0.6) is 5.75 Å². The van der Waals surface area contributed by atoms with Gasteiger partial charge in [0, 0.05) is 29.5 Å². The Labute approximate surface area is 110 Å². The summed E-state index contributed by atoms with van der Waals surface area (Å²) in [7, 11) is 3.50. The number of methoxy groups -OCH3 is 1. The molecule has 0 N–H and O–H groups in total. The molecular weight excluding hydrogens is 282 g/mol. The number of hydrogen-bond donors (Lipinski definition) is 0. The van der Waals surface area contributed by atoms with Gasteiger partial charge in [0.05, 0.1) is 7.11 Å². The third-order valence-corrected chi connectivity index (χ3v) is 3.45. The van der Waals surface area contributed by atoms with Gasteiger partial charge in [-0.05, 0) is 31.0 Å². The zero-order valence-corrected chi connectivity index (χ0v) is 11.7. The fourth-order valence-corrected chi connectivity index (χ4v) is 2.25. The Morgan fingerprint density at radius 1 is 1.53 bits per heavy atom. The Balaban J connectivity index is 2.10. The SMILES string of the molecule is COc1ccc(Br)cc1CN(C)C(=O)C1CC1. The van der Waals surface area contributed by atoms with Crippen molar-refractivity contribution in [3.8, 4) is 5.75 Å². The van der Waals surface area contributed by atoms with Gasteiger partial charge >= 0.3 is 0 Å². The number of nitrogens with zero attached hydrogens (tertiary/aromatic N) is 1. The maximum absolute atomic E-state index is 11.9. The number of ether oxygens (including phenoxy) is 1. The Morgan fingerprint density at radius 2 is 2.24 bits per heavy atom. The van der Waals surface area contributed by atoms with Crippen molar-refractivity contribution >= 4 is 21.8 Å². The normalized spacial score (nSPS) is 14.5. The topological polar surface area (TPSA) is 29.5 Å². The van der Waals surface area contributed by atoms with E-state index >= 15 is 0 Å². The third-order valence-electron chi connectivity index (χ3n) is 2.95. The highest BCUT2D eigenvalue weighted by Gasteiger charge is 2.32. The van der Waals surface area contributed by atoms with E-state index < -0.39 is 0 Å². The average Bonchev–Trinajstić information content (AvgIpc) is 3.12. The van der Waals surface area contributed by atoms with Gasteiger partial charge in [0.1, 0.15) is 5.75 Å². The quantitative estimate of drug-likeness (QED) is 0.855. The standard InChI is InChI=1S/C13H16BrNO2/c1-15(13(16)9-3-4-9)8-10-7-11(14)5-6-12(10)17-2/h5-7,9H,3-4,8H2,1-2H3. The van der Waals surface area contributed by atoms with Gasteiger partial charge in [-0.25, -0.2) is 0 Å². The van der Waals surface area contributed by atoms with Crippen LogP contribution in [-0.4, -0.2) is 25.0 Å². The van der Waals surface area contributed by atoms with E-state index in [4.69, 9.17) is 4.74 Å². The minimum absolute atomic E-state index is 0.243. The number of benzene rings is 1. The van der Waals surface area contributed by atoms with Crippen LogP contribution in [0.2, 0.25) is 0 Å². The highest BCUT2D eigenvalue weighted by molar-refractivity contribution is 9.10. The first kappa shape index (κ1) is 12.4. The van der Waals surface area contributed by atoms with Gasteiger partial charge in [0.25, 0.3) is 0 Å². The van der Waals surface area contributed by atoms with Gasteiger partial charge in [0.15, 0.2) is 0 Å². The fraction of sp³-hybridized carbons (Fsp3) is 0.462. The number of amides is 1. The van der Waals surface area contributed by atoms with E-state index in [1.807, 2.05) is 25.2 Å². The van der Waals surface area contributed by atoms with E-state index in [0.29, 0.717) is 6.54 Å². The van der Waals surface area contributed by atoms with Crippen molar-refractivity contribution in [2.24, 2.45) is 5.92 Å². The number of carbonyl (C=O) groups is 1. The van der Waals surface area contributed by atoms with E-state index in [2.05, 4.69) is 15.9 Å². The van der Waals surface area contributed by atoms with Gasteiger partial charge in [-0.1, -0.05) is 15.9 Å². The lowest BCUT2D eigenvalue weighted by molar-refractivity contribution is -0.131. The van der Waals surface area contributed by atoms with Crippen LogP contribution in [-0.2, 0) is 11.3 Å². The van der Waals surface area contributed by atoms with Crippen molar-refractivity contribution < 1.29 is 9.53 Å². The van der Waals surface area contributed by atoms with Crippen LogP contribution < -0.4 is 4.74 Å². The molecule has 0 atom stereocenters. The van der Waals surface area contributed by atoms with Crippen LogP contribution >= 0.6 is 15.9 Å². The summed E-state index contributed by atoms with van der Waals surface area (Å²) >= 11 is 3.43. The summed E-state index contributed by atoms with van der Waals surface area (Å²) in [6.45, 7) is 0.595. The molecule has 0 aliphatic heterocycles. The summed E-state index contributed by atoms with van der Waals surface area (Å²) in [5.41, 5.74) is 1.03. The molecule has 92 valence electrons. The predicted molar refractivity (Wildman–Crippen MR) is 69.9 cm³/mol. The van der Waals surface area contributed by atoms with Crippen molar-refractivity contribution in [2.75, 3.05) is 14.2 Å². The molecule has 1 aliphatic carbocycles. The maximum atomic E-state index is 11.9. The smallest absolute Gasteiger partial charge is 0.225 e. The monoisotopic (exact) mass is 297 g/mol. The first-order valence-electron chi connectivity index (χ1n) is 5.69. The fourth-order valence-electron chi connectivity index (χ4n) is 1.85. The molecule has 0 bridgehead atoms. The molecule has 1 aromatic carbocycles. The number of carbonyl (C=O) groups excluding carboxylic acids is 1. The maximum Gasteiger partial charge on any atom is 0.225 e. The second-order valence-electron chi connectivity index (χ2n) is 4.42. The van der Waals surface area contributed by atoms with Crippen LogP contribution in [0.15, 0.2) is 22.7 Å². The van der Waals surface area contributed by atoms with Crippen LogP contribution in [0.4, 0.5) is 0 Å². The Bertz CT molecular complexity index is 429. The Hall–Kier alpha value is -1.03. The average molecular weight is 298 g/mol. The molecule has 1 saturated carbocycles. The molecule has 0 radical (unpaired) electrons. The molecule has 0 spiro atoms. The predicted octanol–water partition coefficient (Wildman–Crippen LogP) is 2.83. The molecule has 1 aliphatic rings. The van der Waals surface area contributed by atoms with Crippen LogP contribution in [0.25, 0.3) is 0 Å². The molecule has 0 saturated heterocycles. The van der Waals surface area contributed by atoms with E-state index in [0.717, 1.165) is 28.6 Å². The molecule has 1 fully saturated rings. The first-order valence-corrected chi connectivity index (χ1v) is 6.48. The molecule has 0 aromatic heterocycles. The molecule has 1 aromatic rings. The molecule has 4 heteroatoms. The minimum Gasteiger partial charge on any atom is -0.496 e. The minimum atomic E-state index is 0.243. The highest BCUT2D eigenvalue weighted by Crippen LogP contribution is 2.32. The van der Waals surface area contributed by atoms with Crippen molar-refractivity contribution in [3.05, 3.63) is 28.2 Å². The molecule has 0 heterocycles. The largest absolute Gasteiger partial charge is 0.496 e. The second-order valence-corrected chi connectivity index (χ2v) is 5.34. The van der Waals surface area contributed by atoms with Gasteiger partial charge in [-0.15, -0.1) is 0 Å². The summed E-state index contributed by atoms with van der Waals surface area (Å²) in [6.07, 6.45) is 2.08. The van der Waals surface area contributed by atoms with Gasteiger partial charge in [-0.3, -0.25) is 4.79 Å². The van der Waals surface area contributed by atoms with E-state index in [9.17, 15) is 4.79 Å². The van der Waals surface area contributed by atoms with Crippen LogP contribution in [0.1, 0.15) is 18.4 Å². The summed E-state index contributed by atoms with van der Waals surface area (Å²) in [4.78, 5) is 13.6. The van der Waals surface area contributed by atoms with E-state index in [-0.39, 0.29) is 11.8 Å². The highest BCUT2D eigenvalue weighted by atomic mass is 79.9. The Kier molecular flexibility index (Phi) is 3.72. The van der Waals surface area contributed by atoms with Crippen LogP contribution in [0, 0.1) is 5.92 Å². The lowest BCUT2D eigenvalue weighted by Crippen LogP contribution is -2.27. The van der Waals surface area contributed by atoms with Gasteiger partial charge < -0.3 is 9.64 Å². The van der Waals surface area contributed by atoms with E-state index in [1.165, 1.54) is 0 Å². The summed E-state index contributed by atoms with van der Waals surface area (Å²) in [5, 5.41) is 0. The lowest BCUT2D eigenvalue weighted by atomic mass is 10.2. The Morgan fingerprint density at radius 3 is 2.82 bits per heavy atom. The summed E-state index contributed by atoms with van der Waals surface area (Å²) in [5.74, 6) is 1.33. The van der Waals surface area contributed by atoms with Crippen LogP contribution in [0.3, 0.4) is 0 Å². The molecule has 0 unspecified atom stereocenters. The summed E-state index contributed by atoms with van der Waals surface area (Å²) in [6, 6.07) is 5.84. The number of rotatable bonds is 4. The van der Waals surface area contributed by atoms with E-state index in [1.54, 1.807) is 12.0 Å². The summed E-state index contributed by atoms with van der Waals surface area (Å²) < 4.78 is 6.30. The molecular formula is C13H16BrNO2. The zero-order valence-electron chi connectivity index (χ0n) is 10.1. The first-order chi connectivity index (χ1) is 8.11. The van der Waals surface area contributed by atoms with Crippen molar-refractivity contribution in [1.82, 2.24) is 4.90 Å². The van der Waals surface area contributed by atoms with Gasteiger partial charge in [0.2, 0.25) is 5.91 Å². The molecule has 1 amide bonds. The molecule has 3 nitrogen and oxygen atoms in total. The molecule has 2 rings (SSSR count). The van der Waals surface area contributed by atoms with Crippen molar-refractivity contribution in [3.63, 3.8) is 0 Å². The molecule has 17 heavy (non-hydrogen) atoms. The third kappa shape index (κ3) is 3.00. The number of halogens is 1.